The number of hydrogen-bond donors (Lipinski definition) is 0. The van der Waals surface area contributed by atoms with Crippen molar-refractivity contribution in [3.05, 3.63) is 71.8 Å². The van der Waals surface area contributed by atoms with E-state index in [1.54, 1.807) is 24.3 Å². The lowest BCUT2D eigenvalue weighted by Crippen LogP contribution is -2.47. The van der Waals surface area contributed by atoms with Gasteiger partial charge in [-0.05, 0) is 11.1 Å². The first-order valence-electron chi connectivity index (χ1n) is 7.75. The van der Waals surface area contributed by atoms with Gasteiger partial charge in [-0.2, -0.15) is 0 Å². The quantitative estimate of drug-likeness (QED) is 0.543. The molecule has 2 atom stereocenters. The predicted molar refractivity (Wildman–Crippen MR) is 98.6 cm³/mol. The Morgan fingerprint density at radius 1 is 1.04 bits per heavy atom. The second-order valence-electron chi connectivity index (χ2n) is 5.42. The van der Waals surface area contributed by atoms with Crippen LogP contribution >= 0.6 is 23.2 Å². The van der Waals surface area contributed by atoms with Crippen molar-refractivity contribution in [1.82, 2.24) is 4.90 Å². The normalized spacial score (nSPS) is 12.9. The molecule has 0 aromatic heterocycles. The van der Waals surface area contributed by atoms with Crippen LogP contribution in [0.1, 0.15) is 16.5 Å². The molecule has 6 heteroatoms. The number of benzene rings is 2. The molecule has 2 aromatic rings. The summed E-state index contributed by atoms with van der Waals surface area (Å²) in [6.07, 6.45) is 0. The van der Waals surface area contributed by atoms with Gasteiger partial charge in [0.2, 0.25) is 5.91 Å². The van der Waals surface area contributed by atoms with E-state index in [1.165, 1.54) is 12.0 Å². The number of ether oxygens (including phenoxy) is 1. The molecule has 0 N–H and O–H groups in total. The van der Waals surface area contributed by atoms with Crippen molar-refractivity contribution >= 4 is 35.1 Å². The Morgan fingerprint density at radius 3 is 2.12 bits per heavy atom. The first-order chi connectivity index (χ1) is 12.1. The number of methoxy groups -OCH3 is 1. The summed E-state index contributed by atoms with van der Waals surface area (Å²) in [6, 6.07) is 17.4. The smallest absolute Gasteiger partial charge is 0.329 e. The molecule has 2 rings (SSSR count). The molecule has 0 spiro atoms. The van der Waals surface area contributed by atoms with E-state index in [1.807, 2.05) is 36.4 Å². The maximum absolute atomic E-state index is 13.0. The van der Waals surface area contributed by atoms with Crippen molar-refractivity contribution in [3.63, 3.8) is 0 Å². The van der Waals surface area contributed by atoms with Gasteiger partial charge in [0, 0.05) is 6.54 Å². The number of esters is 1. The SMILES string of the molecule is COC(=O)C(CCl)N(Cc1ccccc1)C(=O)C(Cl)c1ccccc1. The van der Waals surface area contributed by atoms with E-state index < -0.39 is 23.3 Å². The zero-order valence-corrected chi connectivity index (χ0v) is 15.3. The third-order valence-corrected chi connectivity index (χ3v) is 4.51. The first kappa shape index (κ1) is 19.3. The van der Waals surface area contributed by atoms with Crippen molar-refractivity contribution in [2.24, 2.45) is 0 Å². The molecule has 0 aliphatic rings. The highest BCUT2D eigenvalue weighted by Gasteiger charge is 2.34. The number of rotatable bonds is 7. The number of halogens is 2. The number of amides is 1. The third-order valence-electron chi connectivity index (χ3n) is 3.78. The minimum Gasteiger partial charge on any atom is -0.467 e. The monoisotopic (exact) mass is 379 g/mol. The van der Waals surface area contributed by atoms with Gasteiger partial charge in [0.1, 0.15) is 11.4 Å². The lowest BCUT2D eigenvalue weighted by Gasteiger charge is -2.30. The molecule has 4 nitrogen and oxygen atoms in total. The number of alkyl halides is 2. The van der Waals surface area contributed by atoms with Crippen LogP contribution in [0, 0.1) is 0 Å². The average Bonchev–Trinajstić information content (AvgIpc) is 2.67. The van der Waals surface area contributed by atoms with Gasteiger partial charge in [-0.25, -0.2) is 4.79 Å². The molecule has 1 amide bonds. The van der Waals surface area contributed by atoms with Gasteiger partial charge in [0.05, 0.1) is 13.0 Å². The van der Waals surface area contributed by atoms with Gasteiger partial charge in [0.15, 0.2) is 0 Å². The summed E-state index contributed by atoms with van der Waals surface area (Å²) in [5.41, 5.74) is 1.53. The van der Waals surface area contributed by atoms with Crippen molar-refractivity contribution in [2.45, 2.75) is 18.0 Å². The minimum atomic E-state index is -0.916. The van der Waals surface area contributed by atoms with E-state index in [4.69, 9.17) is 27.9 Å². The summed E-state index contributed by atoms with van der Waals surface area (Å²) in [4.78, 5) is 26.5. The molecule has 0 saturated heterocycles. The first-order valence-corrected chi connectivity index (χ1v) is 8.72. The molecule has 0 radical (unpaired) electrons. The lowest BCUT2D eigenvalue weighted by atomic mass is 10.1. The summed E-state index contributed by atoms with van der Waals surface area (Å²) in [5, 5.41) is -0.916. The summed E-state index contributed by atoms with van der Waals surface area (Å²) < 4.78 is 4.80. The van der Waals surface area contributed by atoms with Crippen molar-refractivity contribution in [3.8, 4) is 0 Å². The van der Waals surface area contributed by atoms with E-state index in [-0.39, 0.29) is 12.4 Å². The second kappa shape index (κ2) is 9.44. The molecule has 0 aliphatic heterocycles. The summed E-state index contributed by atoms with van der Waals surface area (Å²) in [5.74, 6) is -1.05. The van der Waals surface area contributed by atoms with Gasteiger partial charge in [-0.15, -0.1) is 23.2 Å². The molecule has 0 saturated carbocycles. The summed E-state index contributed by atoms with van der Waals surface area (Å²) in [6.45, 7) is 0.211. The molecule has 2 unspecified atom stereocenters. The number of carbonyl (C=O) groups is 2. The average molecular weight is 380 g/mol. The predicted octanol–water partition coefficient (Wildman–Crippen LogP) is 3.78. The zero-order valence-electron chi connectivity index (χ0n) is 13.8. The maximum atomic E-state index is 13.0. The fraction of sp³-hybridized carbons (Fsp3) is 0.263. The molecular formula is C19H19Cl2NO3. The Hall–Kier alpha value is -2.04. The Labute approximate surface area is 157 Å². The largest absolute Gasteiger partial charge is 0.467 e. The van der Waals surface area contributed by atoms with Gasteiger partial charge in [-0.1, -0.05) is 60.7 Å². The Morgan fingerprint density at radius 2 is 1.60 bits per heavy atom. The minimum absolute atomic E-state index is 0.0797. The van der Waals surface area contributed by atoms with Crippen molar-refractivity contribution in [2.75, 3.05) is 13.0 Å². The van der Waals surface area contributed by atoms with Crippen LogP contribution in [0.4, 0.5) is 0 Å². The Bertz CT molecular complexity index is 694. The van der Waals surface area contributed by atoms with Crippen LogP contribution < -0.4 is 0 Å². The van der Waals surface area contributed by atoms with Crippen LogP contribution in [0.25, 0.3) is 0 Å². The van der Waals surface area contributed by atoms with Crippen LogP contribution in [0.2, 0.25) is 0 Å². The molecule has 0 fully saturated rings. The van der Waals surface area contributed by atoms with Crippen LogP contribution in [0.5, 0.6) is 0 Å². The number of nitrogens with zero attached hydrogens (tertiary/aromatic N) is 1. The highest BCUT2D eigenvalue weighted by Crippen LogP contribution is 2.25. The van der Waals surface area contributed by atoms with Crippen molar-refractivity contribution in [1.29, 1.82) is 0 Å². The van der Waals surface area contributed by atoms with Gasteiger partial charge in [0.25, 0.3) is 0 Å². The number of carbonyl (C=O) groups excluding carboxylic acids is 2. The zero-order chi connectivity index (χ0) is 18.2. The van der Waals surface area contributed by atoms with E-state index in [9.17, 15) is 9.59 Å². The fourth-order valence-electron chi connectivity index (χ4n) is 2.44. The summed E-state index contributed by atoms with van der Waals surface area (Å²) in [7, 11) is 1.27. The molecule has 25 heavy (non-hydrogen) atoms. The summed E-state index contributed by atoms with van der Waals surface area (Å²) >= 11 is 12.3. The van der Waals surface area contributed by atoms with E-state index >= 15 is 0 Å². The maximum Gasteiger partial charge on any atom is 0.329 e. The van der Waals surface area contributed by atoms with Crippen LogP contribution in [-0.4, -0.2) is 35.8 Å². The third kappa shape index (κ3) is 4.97. The van der Waals surface area contributed by atoms with E-state index in [0.29, 0.717) is 5.56 Å². The van der Waals surface area contributed by atoms with Crippen LogP contribution in [0.3, 0.4) is 0 Å². The van der Waals surface area contributed by atoms with Gasteiger partial charge < -0.3 is 9.64 Å². The number of hydrogen-bond acceptors (Lipinski definition) is 3. The Kier molecular flexibility index (Phi) is 7.29. The fourth-order valence-corrected chi connectivity index (χ4v) is 3.00. The topological polar surface area (TPSA) is 46.6 Å². The van der Waals surface area contributed by atoms with Crippen LogP contribution in [0.15, 0.2) is 60.7 Å². The Balaban J connectivity index is 2.32. The van der Waals surface area contributed by atoms with E-state index in [2.05, 4.69) is 0 Å². The molecule has 2 aromatic carbocycles. The molecule has 132 valence electrons. The van der Waals surface area contributed by atoms with Crippen molar-refractivity contribution < 1.29 is 14.3 Å². The highest BCUT2D eigenvalue weighted by molar-refractivity contribution is 6.31. The van der Waals surface area contributed by atoms with Gasteiger partial charge in [-0.3, -0.25) is 4.79 Å². The van der Waals surface area contributed by atoms with Crippen LogP contribution in [-0.2, 0) is 20.9 Å². The molecule has 0 aliphatic carbocycles. The standard InChI is InChI=1S/C19H19Cl2NO3/c1-25-19(24)16(12-20)22(13-14-8-4-2-5-9-14)18(23)17(21)15-10-6-3-7-11-15/h2-11,16-17H,12-13H2,1H3. The molecule has 0 heterocycles. The molecule has 0 bridgehead atoms. The van der Waals surface area contributed by atoms with E-state index in [0.717, 1.165) is 5.56 Å². The molecular weight excluding hydrogens is 361 g/mol. The second-order valence-corrected chi connectivity index (χ2v) is 6.16. The van der Waals surface area contributed by atoms with Gasteiger partial charge >= 0.3 is 5.97 Å². The lowest BCUT2D eigenvalue weighted by molar-refractivity contribution is -0.152. The highest BCUT2D eigenvalue weighted by atomic mass is 35.5.